The van der Waals surface area contributed by atoms with E-state index in [0.717, 1.165) is 6.54 Å². The number of hydrogen-bond donors (Lipinski definition) is 1. The van der Waals surface area contributed by atoms with Crippen molar-refractivity contribution in [3.05, 3.63) is 60.2 Å². The molecule has 0 spiro atoms. The van der Waals surface area contributed by atoms with Crippen LogP contribution < -0.4 is 5.32 Å². The minimum Gasteiger partial charge on any atom is -0.307 e. The Labute approximate surface area is 119 Å². The fourth-order valence-electron chi connectivity index (χ4n) is 3.52. The molecule has 0 radical (unpaired) electrons. The molecule has 1 aliphatic heterocycles. The van der Waals surface area contributed by atoms with Gasteiger partial charge in [-0.25, -0.2) is 0 Å². The van der Waals surface area contributed by atoms with Gasteiger partial charge in [-0.2, -0.15) is 0 Å². The van der Waals surface area contributed by atoms with Gasteiger partial charge in [0.2, 0.25) is 0 Å². The first kappa shape index (κ1) is 11.9. The zero-order valence-electron chi connectivity index (χ0n) is 12.0. The lowest BCUT2D eigenvalue weighted by Gasteiger charge is -2.48. The van der Waals surface area contributed by atoms with E-state index in [1.807, 2.05) is 0 Å². The second kappa shape index (κ2) is 4.07. The Bertz CT molecular complexity index is 751. The second-order valence-corrected chi connectivity index (χ2v) is 6.18. The Morgan fingerprint density at radius 2 is 1.50 bits per heavy atom. The van der Waals surface area contributed by atoms with E-state index in [2.05, 4.69) is 73.8 Å². The predicted octanol–water partition coefficient (Wildman–Crippen LogP) is 4.45. The van der Waals surface area contributed by atoms with Crippen LogP contribution >= 0.6 is 0 Å². The van der Waals surface area contributed by atoms with Crippen LogP contribution in [0, 0.1) is 5.92 Å². The molecule has 3 aromatic rings. The van der Waals surface area contributed by atoms with E-state index in [4.69, 9.17) is 0 Å². The smallest absolute Gasteiger partial charge is 0.0456 e. The molecule has 2 atom stereocenters. The largest absolute Gasteiger partial charge is 0.307 e. The molecule has 2 unspecified atom stereocenters. The molecule has 0 aliphatic carbocycles. The molecule has 20 heavy (non-hydrogen) atoms. The molecule has 4 rings (SSSR count). The van der Waals surface area contributed by atoms with Crippen molar-refractivity contribution in [3.8, 4) is 0 Å². The van der Waals surface area contributed by atoms with Gasteiger partial charge in [-0.05, 0) is 46.0 Å². The van der Waals surface area contributed by atoms with Crippen LogP contribution in [0.25, 0.3) is 21.5 Å². The quantitative estimate of drug-likeness (QED) is 0.638. The summed E-state index contributed by atoms with van der Waals surface area (Å²) in [5, 5.41) is 9.11. The van der Waals surface area contributed by atoms with Crippen molar-refractivity contribution in [3.63, 3.8) is 0 Å². The zero-order valence-corrected chi connectivity index (χ0v) is 12.0. The highest BCUT2D eigenvalue weighted by Gasteiger charge is 2.42. The Kier molecular flexibility index (Phi) is 2.42. The van der Waals surface area contributed by atoms with E-state index < -0.39 is 0 Å². The fourth-order valence-corrected chi connectivity index (χ4v) is 3.52. The lowest BCUT2D eigenvalue weighted by atomic mass is 9.71. The van der Waals surface area contributed by atoms with E-state index in [1.54, 1.807) is 0 Å². The van der Waals surface area contributed by atoms with Crippen molar-refractivity contribution in [1.29, 1.82) is 0 Å². The first-order valence-corrected chi connectivity index (χ1v) is 7.36. The monoisotopic (exact) mass is 261 g/mol. The maximum absolute atomic E-state index is 3.67. The summed E-state index contributed by atoms with van der Waals surface area (Å²) >= 11 is 0. The number of benzene rings is 3. The standard InChI is InChI=1S/C19H19N/c1-13-12-20-19(13,2)18-16-9-5-3-7-14(16)11-15-8-4-6-10-17(15)18/h3-11,13,20H,12H2,1-2H3. The summed E-state index contributed by atoms with van der Waals surface area (Å²) in [6.45, 7) is 5.79. The molecule has 3 aromatic carbocycles. The topological polar surface area (TPSA) is 12.0 Å². The summed E-state index contributed by atoms with van der Waals surface area (Å²) < 4.78 is 0. The fraction of sp³-hybridized carbons (Fsp3) is 0.263. The van der Waals surface area contributed by atoms with Crippen LogP contribution in [-0.2, 0) is 5.54 Å². The van der Waals surface area contributed by atoms with E-state index in [1.165, 1.54) is 27.1 Å². The van der Waals surface area contributed by atoms with Crippen LogP contribution in [0.5, 0.6) is 0 Å². The molecular formula is C19H19N. The highest BCUT2D eigenvalue weighted by Crippen LogP contribution is 2.43. The normalized spacial score (nSPS) is 25.8. The highest BCUT2D eigenvalue weighted by atomic mass is 15.1. The van der Waals surface area contributed by atoms with E-state index >= 15 is 0 Å². The maximum atomic E-state index is 3.67. The molecule has 1 aliphatic rings. The first-order valence-electron chi connectivity index (χ1n) is 7.36. The summed E-state index contributed by atoms with van der Waals surface area (Å²) in [4.78, 5) is 0. The summed E-state index contributed by atoms with van der Waals surface area (Å²) in [5.74, 6) is 0.664. The van der Waals surface area contributed by atoms with Crippen LogP contribution in [0.4, 0.5) is 0 Å². The summed E-state index contributed by atoms with van der Waals surface area (Å²) in [6, 6.07) is 19.8. The average molecular weight is 261 g/mol. The Morgan fingerprint density at radius 1 is 0.950 bits per heavy atom. The number of rotatable bonds is 1. The van der Waals surface area contributed by atoms with Gasteiger partial charge in [0.25, 0.3) is 0 Å². The van der Waals surface area contributed by atoms with Gasteiger partial charge in [-0.15, -0.1) is 0 Å². The van der Waals surface area contributed by atoms with Crippen molar-refractivity contribution in [1.82, 2.24) is 5.32 Å². The van der Waals surface area contributed by atoms with Crippen molar-refractivity contribution in [2.75, 3.05) is 6.54 Å². The molecule has 1 heteroatoms. The number of hydrogen-bond acceptors (Lipinski definition) is 1. The molecule has 1 saturated heterocycles. The Morgan fingerprint density at radius 3 is 1.95 bits per heavy atom. The third-order valence-electron chi connectivity index (χ3n) is 5.05. The molecule has 0 aromatic heterocycles. The average Bonchev–Trinajstić information content (AvgIpc) is 2.50. The lowest BCUT2D eigenvalue weighted by molar-refractivity contribution is 0.138. The summed E-state index contributed by atoms with van der Waals surface area (Å²) in [6.07, 6.45) is 0. The highest BCUT2D eigenvalue weighted by molar-refractivity contribution is 6.03. The van der Waals surface area contributed by atoms with Crippen molar-refractivity contribution in [2.24, 2.45) is 5.92 Å². The van der Waals surface area contributed by atoms with E-state index in [9.17, 15) is 0 Å². The van der Waals surface area contributed by atoms with E-state index in [0.29, 0.717) is 5.92 Å². The third-order valence-corrected chi connectivity index (χ3v) is 5.05. The third kappa shape index (κ3) is 1.47. The molecular weight excluding hydrogens is 242 g/mol. The molecule has 0 bridgehead atoms. The molecule has 1 N–H and O–H groups in total. The van der Waals surface area contributed by atoms with Crippen molar-refractivity contribution < 1.29 is 0 Å². The lowest BCUT2D eigenvalue weighted by Crippen LogP contribution is -2.59. The van der Waals surface area contributed by atoms with Gasteiger partial charge in [0, 0.05) is 12.1 Å². The Balaban J connectivity index is 2.18. The van der Waals surface area contributed by atoms with E-state index in [-0.39, 0.29) is 5.54 Å². The minimum atomic E-state index is 0.0838. The predicted molar refractivity (Wildman–Crippen MR) is 86.0 cm³/mol. The molecule has 1 heterocycles. The van der Waals surface area contributed by atoms with Gasteiger partial charge >= 0.3 is 0 Å². The van der Waals surface area contributed by atoms with Crippen LogP contribution in [0.2, 0.25) is 0 Å². The summed E-state index contributed by atoms with van der Waals surface area (Å²) in [5.41, 5.74) is 1.55. The van der Waals surface area contributed by atoms with Crippen LogP contribution in [0.1, 0.15) is 19.4 Å². The van der Waals surface area contributed by atoms with Crippen LogP contribution in [0.15, 0.2) is 54.6 Å². The van der Waals surface area contributed by atoms with Gasteiger partial charge in [-0.1, -0.05) is 55.5 Å². The Hall–Kier alpha value is -1.86. The molecule has 1 nitrogen and oxygen atoms in total. The number of nitrogens with one attached hydrogen (secondary N) is 1. The molecule has 1 fully saturated rings. The number of fused-ring (bicyclic) bond motifs is 2. The zero-order chi connectivity index (χ0) is 13.7. The first-order chi connectivity index (χ1) is 9.70. The van der Waals surface area contributed by atoms with Gasteiger partial charge in [-0.3, -0.25) is 0 Å². The van der Waals surface area contributed by atoms with Crippen LogP contribution in [0.3, 0.4) is 0 Å². The van der Waals surface area contributed by atoms with Gasteiger partial charge < -0.3 is 5.32 Å². The molecule has 0 amide bonds. The van der Waals surface area contributed by atoms with Gasteiger partial charge in [0.1, 0.15) is 0 Å². The van der Waals surface area contributed by atoms with Crippen molar-refractivity contribution in [2.45, 2.75) is 19.4 Å². The van der Waals surface area contributed by atoms with Gasteiger partial charge in [0.15, 0.2) is 0 Å². The van der Waals surface area contributed by atoms with Crippen LogP contribution in [-0.4, -0.2) is 6.54 Å². The van der Waals surface area contributed by atoms with Gasteiger partial charge in [0.05, 0.1) is 0 Å². The molecule has 0 saturated carbocycles. The SMILES string of the molecule is CC1CNC1(C)c1c2ccccc2cc2ccccc12. The van der Waals surface area contributed by atoms with Crippen molar-refractivity contribution >= 4 is 21.5 Å². The maximum Gasteiger partial charge on any atom is 0.0456 e. The molecule has 100 valence electrons. The minimum absolute atomic E-state index is 0.0838. The second-order valence-electron chi connectivity index (χ2n) is 6.18. The summed E-state index contributed by atoms with van der Waals surface area (Å²) in [7, 11) is 0.